The van der Waals surface area contributed by atoms with Crippen molar-refractivity contribution in [2.45, 2.75) is 50.1 Å². The minimum absolute atomic E-state index is 0.0608. The quantitative estimate of drug-likeness (QED) is 0.638. The molecule has 6 nitrogen and oxygen atoms in total. The summed E-state index contributed by atoms with van der Waals surface area (Å²) < 4.78 is 31.8. The number of benzene rings is 1. The van der Waals surface area contributed by atoms with Gasteiger partial charge in [-0.05, 0) is 38.0 Å². The Morgan fingerprint density at radius 1 is 1.19 bits per heavy atom. The van der Waals surface area contributed by atoms with Gasteiger partial charge in [-0.15, -0.1) is 0 Å². The van der Waals surface area contributed by atoms with Crippen LogP contribution in [0.25, 0.3) is 22.5 Å². The molecule has 2 aromatic heterocycles. The molecule has 0 saturated carbocycles. The SMILES string of the molecule is C=C(c1cnc(-c2ccc(-n3ccnc3)cc2O)cn1)[C@@H]1C[C@]2(C)N[C@@](C)(C[C@H]2F)[C@H]1F. The van der Waals surface area contributed by atoms with Gasteiger partial charge >= 0.3 is 0 Å². The van der Waals surface area contributed by atoms with Crippen molar-refractivity contribution in [2.75, 3.05) is 0 Å². The molecule has 2 aliphatic rings. The highest BCUT2D eigenvalue weighted by molar-refractivity contribution is 5.70. The lowest BCUT2D eigenvalue weighted by atomic mass is 9.75. The highest BCUT2D eigenvalue weighted by atomic mass is 19.1. The lowest BCUT2D eigenvalue weighted by Crippen LogP contribution is -2.61. The molecule has 1 aromatic carbocycles. The molecule has 3 aromatic rings. The van der Waals surface area contributed by atoms with Gasteiger partial charge in [0, 0.05) is 41.9 Å². The average molecular weight is 437 g/mol. The van der Waals surface area contributed by atoms with E-state index in [-0.39, 0.29) is 12.2 Å². The van der Waals surface area contributed by atoms with Gasteiger partial charge in [0.25, 0.3) is 0 Å². The molecule has 8 heteroatoms. The van der Waals surface area contributed by atoms with Crippen LogP contribution >= 0.6 is 0 Å². The summed E-state index contributed by atoms with van der Waals surface area (Å²) in [6, 6.07) is 5.23. The number of imidazole rings is 1. The van der Waals surface area contributed by atoms with Crippen LogP contribution in [0.15, 0.2) is 55.9 Å². The number of alkyl halides is 2. The van der Waals surface area contributed by atoms with Crippen LogP contribution in [0.1, 0.15) is 32.4 Å². The molecule has 0 unspecified atom stereocenters. The molecule has 0 aliphatic carbocycles. The molecule has 2 N–H and O–H groups in total. The van der Waals surface area contributed by atoms with E-state index in [0.717, 1.165) is 5.69 Å². The van der Waals surface area contributed by atoms with E-state index < -0.39 is 29.3 Å². The number of hydrogen-bond donors (Lipinski definition) is 2. The average Bonchev–Trinajstić information content (AvgIpc) is 3.37. The third-order valence-electron chi connectivity index (χ3n) is 6.96. The molecule has 2 bridgehead atoms. The van der Waals surface area contributed by atoms with E-state index in [4.69, 9.17) is 0 Å². The number of hydrogen-bond acceptors (Lipinski definition) is 5. The molecule has 2 saturated heterocycles. The van der Waals surface area contributed by atoms with Crippen LogP contribution in [0.3, 0.4) is 0 Å². The second-order valence-electron chi connectivity index (χ2n) is 9.33. The van der Waals surface area contributed by atoms with Gasteiger partial charge in [0.2, 0.25) is 0 Å². The summed E-state index contributed by atoms with van der Waals surface area (Å²) in [5.74, 6) is -0.485. The molecule has 5 atom stereocenters. The maximum Gasteiger partial charge on any atom is 0.127 e. The first-order valence-corrected chi connectivity index (χ1v) is 10.6. The molecule has 0 amide bonds. The molecule has 2 aliphatic heterocycles. The summed E-state index contributed by atoms with van der Waals surface area (Å²) in [4.78, 5) is 12.9. The Balaban J connectivity index is 1.39. The van der Waals surface area contributed by atoms with E-state index in [1.807, 2.05) is 6.07 Å². The Morgan fingerprint density at radius 3 is 2.66 bits per heavy atom. The molecule has 2 fully saturated rings. The van der Waals surface area contributed by atoms with Gasteiger partial charge in [-0.2, -0.15) is 0 Å². The number of halogens is 2. The van der Waals surface area contributed by atoms with Crippen molar-refractivity contribution >= 4 is 5.57 Å². The van der Waals surface area contributed by atoms with Crippen LogP contribution in [0.5, 0.6) is 5.75 Å². The van der Waals surface area contributed by atoms with Crippen LogP contribution < -0.4 is 5.32 Å². The fourth-order valence-electron chi connectivity index (χ4n) is 5.18. The van der Waals surface area contributed by atoms with E-state index in [1.54, 1.807) is 49.3 Å². The van der Waals surface area contributed by atoms with E-state index in [2.05, 4.69) is 26.8 Å². The van der Waals surface area contributed by atoms with Gasteiger partial charge in [0.05, 0.1) is 41.3 Å². The number of aromatic nitrogens is 4. The molecular formula is C24H25F2N5O. The maximum absolute atomic E-state index is 15.4. The number of allylic oxidation sites excluding steroid dienone is 1. The van der Waals surface area contributed by atoms with Crippen LogP contribution in [-0.4, -0.2) is 48.0 Å². The maximum atomic E-state index is 15.4. The summed E-state index contributed by atoms with van der Waals surface area (Å²) in [6.45, 7) is 7.63. The zero-order chi connectivity index (χ0) is 22.7. The Kier molecular flexibility index (Phi) is 4.67. The molecule has 32 heavy (non-hydrogen) atoms. The predicted molar refractivity (Wildman–Crippen MR) is 118 cm³/mol. The first-order valence-electron chi connectivity index (χ1n) is 10.6. The van der Waals surface area contributed by atoms with Crippen molar-refractivity contribution in [1.82, 2.24) is 24.8 Å². The minimum atomic E-state index is -1.27. The number of rotatable bonds is 4. The summed E-state index contributed by atoms with van der Waals surface area (Å²) >= 11 is 0. The Hall–Kier alpha value is -3.13. The molecule has 4 heterocycles. The zero-order valence-electron chi connectivity index (χ0n) is 18.0. The number of fused-ring (bicyclic) bond motifs is 2. The van der Waals surface area contributed by atoms with Crippen molar-refractivity contribution in [2.24, 2.45) is 5.92 Å². The van der Waals surface area contributed by atoms with E-state index in [1.165, 1.54) is 12.4 Å². The monoisotopic (exact) mass is 437 g/mol. The highest BCUT2D eigenvalue weighted by Gasteiger charge is 2.60. The van der Waals surface area contributed by atoms with Crippen molar-refractivity contribution in [3.8, 4) is 22.7 Å². The van der Waals surface area contributed by atoms with Crippen molar-refractivity contribution in [3.05, 3.63) is 61.6 Å². The Bertz CT molecular complexity index is 1170. The van der Waals surface area contributed by atoms with Crippen molar-refractivity contribution < 1.29 is 13.9 Å². The van der Waals surface area contributed by atoms with E-state index in [9.17, 15) is 9.50 Å². The number of piperidine rings is 1. The standard InChI is InChI=1S/C24H25F2N5O/c1-14(17-9-23(2)21(25)10-24(3,30-23)22(17)26)18-11-29-19(12-28-18)16-5-4-15(8-20(16)32)31-7-6-27-13-31/h4-8,11-13,17,21-22,30,32H,1,9-10H2,2-3H3/t17-,21+,22-,23-,24-/m0/s1. The van der Waals surface area contributed by atoms with Crippen LogP contribution in [0, 0.1) is 5.92 Å². The second-order valence-corrected chi connectivity index (χ2v) is 9.33. The van der Waals surface area contributed by atoms with Gasteiger partial charge in [-0.25, -0.2) is 13.8 Å². The normalized spacial score (nSPS) is 31.6. The minimum Gasteiger partial charge on any atom is -0.507 e. The van der Waals surface area contributed by atoms with Gasteiger partial charge in [-0.1, -0.05) is 6.58 Å². The van der Waals surface area contributed by atoms with E-state index >= 15 is 4.39 Å². The lowest BCUT2D eigenvalue weighted by molar-refractivity contribution is 0.0709. The molecule has 5 rings (SSSR count). The molecular weight excluding hydrogens is 412 g/mol. The fourth-order valence-corrected chi connectivity index (χ4v) is 5.18. The van der Waals surface area contributed by atoms with Gasteiger partial charge in [-0.3, -0.25) is 9.97 Å². The third-order valence-corrected chi connectivity index (χ3v) is 6.96. The lowest BCUT2D eigenvalue weighted by Gasteiger charge is -2.45. The number of phenolic OH excluding ortho intramolecular Hbond substituents is 1. The van der Waals surface area contributed by atoms with Crippen LogP contribution in [0.2, 0.25) is 0 Å². The first kappa shape index (κ1) is 20.8. The molecule has 166 valence electrons. The number of aromatic hydroxyl groups is 1. The first-order chi connectivity index (χ1) is 15.2. The fraction of sp³-hybridized carbons (Fsp3) is 0.375. The van der Waals surface area contributed by atoms with Crippen molar-refractivity contribution in [3.63, 3.8) is 0 Å². The Labute approximate surface area is 185 Å². The molecule has 0 radical (unpaired) electrons. The highest BCUT2D eigenvalue weighted by Crippen LogP contribution is 2.50. The van der Waals surface area contributed by atoms with Crippen LogP contribution in [-0.2, 0) is 0 Å². The largest absolute Gasteiger partial charge is 0.507 e. The summed E-state index contributed by atoms with van der Waals surface area (Å²) in [5.41, 5.74) is 1.08. The van der Waals surface area contributed by atoms with E-state index in [0.29, 0.717) is 28.9 Å². The number of nitrogens with one attached hydrogen (secondary N) is 1. The van der Waals surface area contributed by atoms with Gasteiger partial charge < -0.3 is 15.0 Å². The molecule has 0 spiro atoms. The smallest absolute Gasteiger partial charge is 0.127 e. The van der Waals surface area contributed by atoms with Crippen LogP contribution in [0.4, 0.5) is 8.78 Å². The van der Waals surface area contributed by atoms with Gasteiger partial charge in [0.1, 0.15) is 18.1 Å². The zero-order valence-corrected chi connectivity index (χ0v) is 18.0. The summed E-state index contributed by atoms with van der Waals surface area (Å²) in [5, 5.41) is 13.7. The predicted octanol–water partition coefficient (Wildman–Crippen LogP) is 4.25. The summed E-state index contributed by atoms with van der Waals surface area (Å²) in [6.07, 6.45) is 6.24. The second kappa shape index (κ2) is 7.20. The number of nitrogens with zero attached hydrogens (tertiary/aromatic N) is 4. The third kappa shape index (κ3) is 3.21. The number of phenols is 1. The summed E-state index contributed by atoms with van der Waals surface area (Å²) in [7, 11) is 0. The van der Waals surface area contributed by atoms with Gasteiger partial charge in [0.15, 0.2) is 0 Å². The Morgan fingerprint density at radius 2 is 2.00 bits per heavy atom. The van der Waals surface area contributed by atoms with Crippen molar-refractivity contribution in [1.29, 1.82) is 0 Å². The topological polar surface area (TPSA) is 75.9 Å².